The number of rotatable bonds is 2. The molecule has 3 fully saturated rings. The van der Waals surface area contributed by atoms with E-state index in [0.29, 0.717) is 12.3 Å². The van der Waals surface area contributed by atoms with Gasteiger partial charge in [0, 0.05) is 6.42 Å². The molecule has 1 amide bonds. The molecule has 5 nitrogen and oxygen atoms in total. The molecule has 1 aromatic rings. The molecule has 5 rings (SSSR count). The van der Waals surface area contributed by atoms with Gasteiger partial charge in [0.1, 0.15) is 18.3 Å². The average Bonchev–Trinajstić information content (AvgIpc) is 3.33. The third-order valence-corrected chi connectivity index (χ3v) is 7.48. The zero-order valence-corrected chi connectivity index (χ0v) is 15.1. The normalized spacial score (nSPS) is 42.4. The average molecular weight is 355 g/mol. The smallest absolute Gasteiger partial charge is 0.257 e. The van der Waals surface area contributed by atoms with E-state index in [-0.39, 0.29) is 11.3 Å². The molecule has 0 spiro atoms. The fourth-order valence-electron chi connectivity index (χ4n) is 5.86. The summed E-state index contributed by atoms with van der Waals surface area (Å²) >= 11 is 0. The SMILES string of the molecule is CC1(C)[C@H]2C=C(c3ccccc3)[C@]1(C(=O)N1O[C@H]3C[C@@H]1[C@H](O)[C@@H]3O)CC2. The maximum atomic E-state index is 13.8. The molecule has 0 unspecified atom stereocenters. The standard InChI is InChI=1S/C21H25NO4/c1-20(2)13-8-9-21(20,14(10-13)12-6-4-3-5-7-12)19(25)22-15-11-16(26-22)18(24)17(15)23/h3-7,10,13,15-18,23-24H,8-9,11H2,1-2H3/t13-,15-,16+,17+,18-,21+/m1/s1. The Hall–Kier alpha value is -1.69. The van der Waals surface area contributed by atoms with Gasteiger partial charge in [0.05, 0.1) is 11.5 Å². The van der Waals surface area contributed by atoms with Gasteiger partial charge in [-0.25, -0.2) is 5.06 Å². The first-order valence-corrected chi connectivity index (χ1v) is 9.52. The summed E-state index contributed by atoms with van der Waals surface area (Å²) in [6, 6.07) is 9.66. The monoisotopic (exact) mass is 355 g/mol. The van der Waals surface area contributed by atoms with E-state index in [1.165, 1.54) is 5.06 Å². The molecule has 1 aliphatic heterocycles. The van der Waals surface area contributed by atoms with Crippen LogP contribution >= 0.6 is 0 Å². The Bertz CT molecular complexity index is 786. The molecule has 1 aromatic carbocycles. The molecular formula is C21H25NO4. The fourth-order valence-corrected chi connectivity index (χ4v) is 5.86. The molecule has 1 saturated heterocycles. The van der Waals surface area contributed by atoms with E-state index in [1.807, 2.05) is 18.2 Å². The number of hydroxylamine groups is 2. The minimum Gasteiger partial charge on any atom is -0.388 e. The van der Waals surface area contributed by atoms with Crippen LogP contribution in [0.25, 0.3) is 5.57 Å². The summed E-state index contributed by atoms with van der Waals surface area (Å²) in [7, 11) is 0. The van der Waals surface area contributed by atoms with Crippen molar-refractivity contribution in [3.63, 3.8) is 0 Å². The maximum absolute atomic E-state index is 13.8. The molecule has 4 bridgehead atoms. The number of amides is 1. The molecule has 26 heavy (non-hydrogen) atoms. The number of aliphatic hydroxyl groups is 2. The largest absolute Gasteiger partial charge is 0.388 e. The highest BCUT2D eigenvalue weighted by Crippen LogP contribution is 2.68. The van der Waals surface area contributed by atoms with Crippen molar-refractivity contribution in [3.8, 4) is 0 Å². The minimum atomic E-state index is -0.931. The van der Waals surface area contributed by atoms with Crippen LogP contribution < -0.4 is 0 Å². The molecule has 1 heterocycles. The van der Waals surface area contributed by atoms with E-state index in [4.69, 9.17) is 4.84 Å². The van der Waals surface area contributed by atoms with Crippen LogP contribution in [0.5, 0.6) is 0 Å². The molecule has 4 aliphatic rings. The van der Waals surface area contributed by atoms with Gasteiger partial charge in [-0.3, -0.25) is 9.63 Å². The van der Waals surface area contributed by atoms with Crippen molar-refractivity contribution in [2.45, 2.75) is 57.5 Å². The second kappa shape index (κ2) is 5.18. The first-order chi connectivity index (χ1) is 12.4. The van der Waals surface area contributed by atoms with Crippen molar-refractivity contribution >= 4 is 11.5 Å². The Balaban J connectivity index is 1.57. The maximum Gasteiger partial charge on any atom is 0.257 e. The van der Waals surface area contributed by atoms with Gasteiger partial charge in [-0.1, -0.05) is 50.3 Å². The first-order valence-electron chi connectivity index (χ1n) is 9.52. The number of carbonyl (C=O) groups is 1. The predicted molar refractivity (Wildman–Crippen MR) is 95.5 cm³/mol. The van der Waals surface area contributed by atoms with E-state index >= 15 is 0 Å². The molecule has 0 aromatic heterocycles. The molecule has 2 saturated carbocycles. The molecular weight excluding hydrogens is 330 g/mol. The lowest BCUT2D eigenvalue weighted by atomic mass is 9.64. The molecule has 138 valence electrons. The Labute approximate surface area is 153 Å². The topological polar surface area (TPSA) is 70.0 Å². The summed E-state index contributed by atoms with van der Waals surface area (Å²) in [6.07, 6.45) is 2.23. The van der Waals surface area contributed by atoms with E-state index < -0.39 is 29.8 Å². The number of aliphatic hydroxyl groups excluding tert-OH is 2. The third-order valence-electron chi connectivity index (χ3n) is 7.48. The molecule has 6 atom stereocenters. The van der Waals surface area contributed by atoms with E-state index in [0.717, 1.165) is 24.0 Å². The van der Waals surface area contributed by atoms with Crippen LogP contribution in [0.3, 0.4) is 0 Å². The highest BCUT2D eigenvalue weighted by molar-refractivity contribution is 5.99. The van der Waals surface area contributed by atoms with Crippen LogP contribution in [0.2, 0.25) is 0 Å². The van der Waals surface area contributed by atoms with E-state index in [9.17, 15) is 15.0 Å². The zero-order valence-electron chi connectivity index (χ0n) is 15.1. The van der Waals surface area contributed by atoms with Gasteiger partial charge < -0.3 is 10.2 Å². The van der Waals surface area contributed by atoms with Gasteiger partial charge in [0.2, 0.25) is 0 Å². The predicted octanol–water partition coefficient (Wildman–Crippen LogP) is 2.14. The highest BCUT2D eigenvalue weighted by Gasteiger charge is 2.67. The second-order valence-corrected chi connectivity index (χ2v) is 8.78. The van der Waals surface area contributed by atoms with Gasteiger partial charge >= 0.3 is 0 Å². The number of fused-ring (bicyclic) bond motifs is 4. The Morgan fingerprint density at radius 1 is 1.19 bits per heavy atom. The van der Waals surface area contributed by atoms with Crippen molar-refractivity contribution < 1.29 is 19.8 Å². The second-order valence-electron chi connectivity index (χ2n) is 8.78. The Morgan fingerprint density at radius 2 is 1.92 bits per heavy atom. The fraction of sp³-hybridized carbons (Fsp3) is 0.571. The van der Waals surface area contributed by atoms with Crippen molar-refractivity contribution in [3.05, 3.63) is 42.0 Å². The van der Waals surface area contributed by atoms with E-state index in [2.05, 4.69) is 32.1 Å². The zero-order chi connectivity index (χ0) is 18.3. The number of hydrogen-bond acceptors (Lipinski definition) is 4. The summed E-state index contributed by atoms with van der Waals surface area (Å²) in [5, 5.41) is 21.7. The van der Waals surface area contributed by atoms with Crippen molar-refractivity contribution in [1.29, 1.82) is 0 Å². The number of carbonyl (C=O) groups excluding carboxylic acids is 1. The van der Waals surface area contributed by atoms with E-state index in [1.54, 1.807) is 0 Å². The van der Waals surface area contributed by atoms with Crippen molar-refractivity contribution in [2.24, 2.45) is 16.7 Å². The quantitative estimate of drug-likeness (QED) is 0.853. The van der Waals surface area contributed by atoms with Gasteiger partial charge in [0.15, 0.2) is 0 Å². The Kier molecular flexibility index (Phi) is 3.29. The number of allylic oxidation sites excluding steroid dienone is 1. The van der Waals surface area contributed by atoms with Crippen LogP contribution in [0, 0.1) is 16.7 Å². The number of nitrogens with zero attached hydrogens (tertiary/aromatic N) is 1. The van der Waals surface area contributed by atoms with Crippen LogP contribution in [0.15, 0.2) is 36.4 Å². The van der Waals surface area contributed by atoms with Gasteiger partial charge in [-0.05, 0) is 35.3 Å². The molecule has 0 radical (unpaired) electrons. The van der Waals surface area contributed by atoms with Crippen molar-refractivity contribution in [1.82, 2.24) is 5.06 Å². The molecule has 2 N–H and O–H groups in total. The minimum absolute atomic E-state index is 0.0592. The summed E-state index contributed by atoms with van der Waals surface area (Å²) in [5.74, 6) is 0.299. The lowest BCUT2D eigenvalue weighted by Gasteiger charge is -2.44. The first kappa shape index (κ1) is 16.5. The Morgan fingerprint density at radius 3 is 2.54 bits per heavy atom. The molecule has 5 heteroatoms. The van der Waals surface area contributed by atoms with Gasteiger partial charge in [-0.15, -0.1) is 0 Å². The molecule has 3 aliphatic carbocycles. The summed E-state index contributed by atoms with van der Waals surface area (Å²) in [4.78, 5) is 19.6. The third kappa shape index (κ3) is 1.79. The summed E-state index contributed by atoms with van der Waals surface area (Å²) in [6.45, 7) is 4.35. The van der Waals surface area contributed by atoms with Gasteiger partial charge in [-0.2, -0.15) is 0 Å². The van der Waals surface area contributed by atoms with Crippen LogP contribution in [-0.4, -0.2) is 45.5 Å². The summed E-state index contributed by atoms with van der Waals surface area (Å²) in [5.41, 5.74) is 1.32. The summed E-state index contributed by atoms with van der Waals surface area (Å²) < 4.78 is 0. The van der Waals surface area contributed by atoms with Crippen LogP contribution in [0.1, 0.15) is 38.7 Å². The van der Waals surface area contributed by atoms with Crippen LogP contribution in [0.4, 0.5) is 0 Å². The number of hydrogen-bond donors (Lipinski definition) is 2. The van der Waals surface area contributed by atoms with Gasteiger partial charge in [0.25, 0.3) is 5.91 Å². The van der Waals surface area contributed by atoms with Crippen LogP contribution in [-0.2, 0) is 9.63 Å². The number of benzene rings is 1. The lowest BCUT2D eigenvalue weighted by Crippen LogP contribution is -2.56. The highest BCUT2D eigenvalue weighted by atomic mass is 16.7. The lowest BCUT2D eigenvalue weighted by molar-refractivity contribution is -0.246. The van der Waals surface area contributed by atoms with Crippen molar-refractivity contribution in [2.75, 3.05) is 0 Å².